The zero-order chi connectivity index (χ0) is 23.3. The predicted octanol–water partition coefficient (Wildman–Crippen LogP) is 1.67. The lowest BCUT2D eigenvalue weighted by Crippen LogP contribution is -2.54. The zero-order valence-electron chi connectivity index (χ0n) is 19.5. The standard InChI is InChI=1S/C24H35N3O4S/c1-16(2)26-14-9-11-24-18(17-20(29)25(4)12-8-10-23(17,3)32-24)21(30)27(19(24)22(26)31)13-6-5-7-15-28/h8-11,16-19,28H,5-7,12-15H2,1-4H3/t17-,18-,19?,23+,24-/m0/s1. The number of hydrogen-bond acceptors (Lipinski definition) is 5. The minimum Gasteiger partial charge on any atom is -0.396 e. The molecule has 0 radical (unpaired) electrons. The van der Waals surface area contributed by atoms with Crippen LogP contribution < -0.4 is 0 Å². The Labute approximate surface area is 194 Å². The number of thioether (sulfide) groups is 1. The number of hydrogen-bond donors (Lipinski definition) is 1. The van der Waals surface area contributed by atoms with Crippen LogP contribution in [-0.4, -0.2) is 92.4 Å². The molecule has 4 rings (SSSR count). The lowest BCUT2D eigenvalue weighted by atomic mass is 9.74. The fourth-order valence-corrected chi connectivity index (χ4v) is 8.09. The average Bonchev–Trinajstić information content (AvgIpc) is 3.00. The summed E-state index contributed by atoms with van der Waals surface area (Å²) in [5.41, 5.74) is 0. The van der Waals surface area contributed by atoms with Crippen LogP contribution in [0.15, 0.2) is 24.3 Å². The topological polar surface area (TPSA) is 81.2 Å². The van der Waals surface area contributed by atoms with Crippen LogP contribution >= 0.6 is 11.8 Å². The number of rotatable bonds is 6. The average molecular weight is 462 g/mol. The Morgan fingerprint density at radius 1 is 1.03 bits per heavy atom. The van der Waals surface area contributed by atoms with Gasteiger partial charge in [-0.2, -0.15) is 0 Å². The van der Waals surface area contributed by atoms with Crippen molar-refractivity contribution in [3.05, 3.63) is 24.3 Å². The van der Waals surface area contributed by atoms with Crippen LogP contribution in [0.25, 0.3) is 0 Å². The number of fused-ring (bicyclic) bond motifs is 2. The Morgan fingerprint density at radius 2 is 1.75 bits per heavy atom. The van der Waals surface area contributed by atoms with Crippen LogP contribution in [0.1, 0.15) is 40.0 Å². The molecule has 5 atom stereocenters. The van der Waals surface area contributed by atoms with Gasteiger partial charge in [0.2, 0.25) is 17.7 Å². The van der Waals surface area contributed by atoms with Gasteiger partial charge in [-0.25, -0.2) is 0 Å². The van der Waals surface area contributed by atoms with Gasteiger partial charge in [-0.1, -0.05) is 24.3 Å². The molecule has 4 aliphatic heterocycles. The lowest BCUT2D eigenvalue weighted by molar-refractivity contribution is -0.145. The molecule has 0 bridgehead atoms. The molecule has 7 nitrogen and oxygen atoms in total. The maximum atomic E-state index is 14.0. The van der Waals surface area contributed by atoms with Gasteiger partial charge < -0.3 is 19.8 Å². The first-order valence-electron chi connectivity index (χ1n) is 11.7. The molecule has 0 aromatic carbocycles. The number of nitrogens with zero attached hydrogens (tertiary/aromatic N) is 3. The molecule has 2 fully saturated rings. The molecule has 0 aliphatic carbocycles. The van der Waals surface area contributed by atoms with Gasteiger partial charge in [-0.05, 0) is 40.0 Å². The van der Waals surface area contributed by atoms with Gasteiger partial charge in [-0.3, -0.25) is 14.4 Å². The van der Waals surface area contributed by atoms with Crippen molar-refractivity contribution in [1.82, 2.24) is 14.7 Å². The highest BCUT2D eigenvalue weighted by atomic mass is 32.2. The Hall–Kier alpha value is -1.80. The second-order valence-electron chi connectivity index (χ2n) is 9.92. The maximum Gasteiger partial charge on any atom is 0.247 e. The summed E-state index contributed by atoms with van der Waals surface area (Å²) in [5.74, 6) is -1.20. The van der Waals surface area contributed by atoms with Crippen LogP contribution in [-0.2, 0) is 14.4 Å². The van der Waals surface area contributed by atoms with Crippen molar-refractivity contribution in [3.8, 4) is 0 Å². The second kappa shape index (κ2) is 8.52. The quantitative estimate of drug-likeness (QED) is 0.481. The molecule has 4 heterocycles. The molecule has 4 aliphatic rings. The molecule has 1 N–H and O–H groups in total. The summed E-state index contributed by atoms with van der Waals surface area (Å²) in [6.45, 7) is 7.68. The number of carbonyl (C=O) groups excluding carboxylic acids is 3. The second-order valence-corrected chi connectivity index (χ2v) is 11.7. The first kappa shape index (κ1) is 23.4. The predicted molar refractivity (Wildman–Crippen MR) is 125 cm³/mol. The number of likely N-dealkylation sites (tertiary alicyclic amines) is 1. The lowest BCUT2D eigenvalue weighted by Gasteiger charge is -2.37. The van der Waals surface area contributed by atoms with Crippen molar-refractivity contribution in [1.29, 1.82) is 0 Å². The maximum absolute atomic E-state index is 14.0. The smallest absolute Gasteiger partial charge is 0.247 e. The van der Waals surface area contributed by atoms with E-state index in [-0.39, 0.29) is 30.4 Å². The molecular weight excluding hydrogens is 426 g/mol. The summed E-state index contributed by atoms with van der Waals surface area (Å²) < 4.78 is -1.30. The van der Waals surface area contributed by atoms with E-state index < -0.39 is 27.4 Å². The van der Waals surface area contributed by atoms with Gasteiger partial charge >= 0.3 is 0 Å². The fourth-order valence-electron chi connectivity index (χ4n) is 5.94. The molecule has 1 spiro atoms. The van der Waals surface area contributed by atoms with E-state index in [1.165, 1.54) is 0 Å². The highest BCUT2D eigenvalue weighted by molar-refractivity contribution is 8.02. The van der Waals surface area contributed by atoms with Gasteiger partial charge in [0.25, 0.3) is 0 Å². The molecule has 0 aromatic heterocycles. The normalized spacial score (nSPS) is 36.5. The van der Waals surface area contributed by atoms with Gasteiger partial charge in [0, 0.05) is 44.1 Å². The van der Waals surface area contributed by atoms with E-state index in [1.54, 1.807) is 28.6 Å². The number of likely N-dealkylation sites (N-methyl/N-ethyl adjacent to an activating group) is 1. The minimum absolute atomic E-state index is 0.0211. The molecule has 3 amide bonds. The fraction of sp³-hybridized carbons (Fsp3) is 0.708. The van der Waals surface area contributed by atoms with Crippen molar-refractivity contribution in [3.63, 3.8) is 0 Å². The Kier molecular flexibility index (Phi) is 6.22. The summed E-state index contributed by atoms with van der Waals surface area (Å²) >= 11 is 1.63. The monoisotopic (exact) mass is 461 g/mol. The van der Waals surface area contributed by atoms with E-state index in [1.807, 2.05) is 37.8 Å². The SMILES string of the molecule is CC(C)N1CC=C[C@]23S[C@]4(C)C=CCN(C)C(=O)[C@@H]4[C@H]2C(=O)N(CCCCCO)C3C1=O. The van der Waals surface area contributed by atoms with Crippen molar-refractivity contribution in [2.75, 3.05) is 33.3 Å². The molecule has 2 saturated heterocycles. The van der Waals surface area contributed by atoms with E-state index >= 15 is 0 Å². The number of amides is 3. The van der Waals surface area contributed by atoms with Crippen LogP contribution in [0.4, 0.5) is 0 Å². The van der Waals surface area contributed by atoms with Crippen molar-refractivity contribution in [2.24, 2.45) is 11.8 Å². The molecular formula is C24H35N3O4S. The number of carbonyl (C=O) groups is 3. The van der Waals surface area contributed by atoms with E-state index in [9.17, 15) is 14.4 Å². The highest BCUT2D eigenvalue weighted by Crippen LogP contribution is 2.65. The Bertz CT molecular complexity index is 858. The summed E-state index contributed by atoms with van der Waals surface area (Å²) in [7, 11) is 1.78. The van der Waals surface area contributed by atoms with Gasteiger partial charge in [0.05, 0.1) is 16.6 Å². The van der Waals surface area contributed by atoms with Crippen LogP contribution in [0.5, 0.6) is 0 Å². The number of unbranched alkanes of at least 4 members (excludes halogenated alkanes) is 2. The first-order valence-corrected chi connectivity index (χ1v) is 12.5. The van der Waals surface area contributed by atoms with Crippen molar-refractivity contribution in [2.45, 2.75) is 61.6 Å². The Morgan fingerprint density at radius 3 is 2.44 bits per heavy atom. The summed E-state index contributed by atoms with van der Waals surface area (Å²) in [6, 6.07) is -0.594. The minimum atomic E-state index is -0.758. The van der Waals surface area contributed by atoms with Gasteiger partial charge in [0.1, 0.15) is 6.04 Å². The van der Waals surface area contributed by atoms with Crippen molar-refractivity contribution >= 4 is 29.5 Å². The zero-order valence-corrected chi connectivity index (χ0v) is 20.3. The third-order valence-electron chi connectivity index (χ3n) is 7.47. The molecule has 0 aromatic rings. The van der Waals surface area contributed by atoms with E-state index in [0.717, 1.165) is 12.8 Å². The first-order chi connectivity index (χ1) is 15.2. The Balaban J connectivity index is 1.80. The largest absolute Gasteiger partial charge is 0.396 e. The van der Waals surface area contributed by atoms with E-state index in [4.69, 9.17) is 5.11 Å². The number of aliphatic hydroxyl groups excluding tert-OH is 1. The van der Waals surface area contributed by atoms with Crippen LogP contribution in [0.2, 0.25) is 0 Å². The number of aliphatic hydroxyl groups is 1. The van der Waals surface area contributed by atoms with Crippen molar-refractivity contribution < 1.29 is 19.5 Å². The molecule has 0 saturated carbocycles. The van der Waals surface area contributed by atoms with E-state index in [0.29, 0.717) is 26.1 Å². The highest BCUT2D eigenvalue weighted by Gasteiger charge is 2.73. The van der Waals surface area contributed by atoms with Gasteiger partial charge in [-0.15, -0.1) is 11.8 Å². The third kappa shape index (κ3) is 3.41. The summed E-state index contributed by atoms with van der Waals surface area (Å²) in [4.78, 5) is 46.7. The van der Waals surface area contributed by atoms with E-state index in [2.05, 4.69) is 12.2 Å². The van der Waals surface area contributed by atoms with Crippen LogP contribution in [0, 0.1) is 11.8 Å². The summed E-state index contributed by atoms with van der Waals surface area (Å²) in [6.07, 6.45) is 10.4. The summed E-state index contributed by atoms with van der Waals surface area (Å²) in [5, 5.41) is 9.14. The molecule has 176 valence electrons. The molecule has 1 unspecified atom stereocenters. The van der Waals surface area contributed by atoms with Gasteiger partial charge in [0.15, 0.2) is 0 Å². The molecule has 8 heteroatoms. The third-order valence-corrected chi connectivity index (χ3v) is 9.27. The molecule has 32 heavy (non-hydrogen) atoms. The van der Waals surface area contributed by atoms with Crippen LogP contribution in [0.3, 0.4) is 0 Å².